The molecule has 0 aliphatic carbocycles. The summed E-state index contributed by atoms with van der Waals surface area (Å²) in [6, 6.07) is 5.82. The molecule has 0 fully saturated rings. The molecule has 0 N–H and O–H groups in total. The fourth-order valence-corrected chi connectivity index (χ4v) is 2.32. The number of hydrogen-bond donors (Lipinski definition) is 0. The lowest BCUT2D eigenvalue weighted by molar-refractivity contribution is -0.129. The van der Waals surface area contributed by atoms with E-state index < -0.39 is 0 Å². The first kappa shape index (κ1) is 17.1. The normalized spacial score (nSPS) is 11.2. The Labute approximate surface area is 127 Å². The van der Waals surface area contributed by atoms with Crippen LogP contribution in [0.1, 0.15) is 33.3 Å². The van der Waals surface area contributed by atoms with Gasteiger partial charge in [-0.25, -0.2) is 0 Å². The lowest BCUT2D eigenvalue weighted by Gasteiger charge is -2.29. The number of amides is 1. The predicted octanol–water partition coefficient (Wildman–Crippen LogP) is 3.36. The van der Waals surface area contributed by atoms with Crippen LogP contribution in [0.5, 0.6) is 11.5 Å². The number of carbonyl (C=O) groups is 1. The zero-order chi connectivity index (χ0) is 16.0. The van der Waals surface area contributed by atoms with Gasteiger partial charge in [-0.05, 0) is 52.0 Å². The van der Waals surface area contributed by atoms with E-state index in [1.807, 2.05) is 50.8 Å². The van der Waals surface area contributed by atoms with Crippen LogP contribution in [0.4, 0.5) is 0 Å². The van der Waals surface area contributed by atoms with Crippen LogP contribution in [0.2, 0.25) is 0 Å². The zero-order valence-corrected chi connectivity index (χ0v) is 13.7. The Hall–Kier alpha value is -1.97. The van der Waals surface area contributed by atoms with Gasteiger partial charge in [-0.1, -0.05) is 0 Å². The molecule has 4 nitrogen and oxygen atoms in total. The average Bonchev–Trinajstić information content (AvgIpc) is 2.43. The molecule has 4 heteroatoms. The zero-order valence-electron chi connectivity index (χ0n) is 13.7. The summed E-state index contributed by atoms with van der Waals surface area (Å²) in [5.41, 5.74) is 0.817. The van der Waals surface area contributed by atoms with Crippen LogP contribution >= 0.6 is 0 Å². The summed E-state index contributed by atoms with van der Waals surface area (Å²) in [4.78, 5) is 14.2. The van der Waals surface area contributed by atoms with Gasteiger partial charge in [-0.3, -0.25) is 4.79 Å². The Bertz CT molecular complexity index is 499. The summed E-state index contributed by atoms with van der Waals surface area (Å²) in [5, 5.41) is 0. The molecule has 0 atom stereocenters. The fraction of sp³-hybridized carbons (Fsp3) is 0.471. The molecule has 1 amide bonds. The van der Waals surface area contributed by atoms with Crippen LogP contribution in [0.3, 0.4) is 0 Å². The summed E-state index contributed by atoms with van der Waals surface area (Å²) in [6.07, 6.45) is 3.35. The maximum absolute atomic E-state index is 12.3. The van der Waals surface area contributed by atoms with E-state index >= 15 is 0 Å². The van der Waals surface area contributed by atoms with Crippen molar-refractivity contribution in [2.45, 2.75) is 39.8 Å². The number of benzene rings is 1. The number of methoxy groups -OCH3 is 2. The summed E-state index contributed by atoms with van der Waals surface area (Å²) >= 11 is 0. The molecule has 1 aromatic carbocycles. The van der Waals surface area contributed by atoms with Crippen molar-refractivity contribution in [2.75, 3.05) is 14.2 Å². The molecule has 0 aliphatic rings. The molecule has 0 heterocycles. The van der Waals surface area contributed by atoms with E-state index in [-0.39, 0.29) is 18.0 Å². The number of rotatable bonds is 6. The van der Waals surface area contributed by atoms with E-state index in [9.17, 15) is 4.79 Å². The second-order valence-electron chi connectivity index (χ2n) is 5.37. The Morgan fingerprint density at radius 1 is 1.10 bits per heavy atom. The molecule has 21 heavy (non-hydrogen) atoms. The maximum atomic E-state index is 12.3. The number of carbonyl (C=O) groups excluding carboxylic acids is 1. The van der Waals surface area contributed by atoms with Crippen molar-refractivity contribution < 1.29 is 14.3 Å². The highest BCUT2D eigenvalue weighted by Gasteiger charge is 2.17. The van der Waals surface area contributed by atoms with Gasteiger partial charge in [0.05, 0.1) is 14.2 Å². The first-order valence-electron chi connectivity index (χ1n) is 7.13. The van der Waals surface area contributed by atoms with E-state index in [1.165, 1.54) is 0 Å². The van der Waals surface area contributed by atoms with Crippen molar-refractivity contribution in [3.8, 4) is 11.5 Å². The van der Waals surface area contributed by atoms with Gasteiger partial charge < -0.3 is 14.4 Å². The van der Waals surface area contributed by atoms with Gasteiger partial charge in [0, 0.05) is 23.7 Å². The van der Waals surface area contributed by atoms with Crippen molar-refractivity contribution in [3.63, 3.8) is 0 Å². The third kappa shape index (κ3) is 4.52. The standard InChI is InChI=1S/C17H25NO3/c1-12(2)18(13(3)4)17(19)10-7-14-11-15(20-5)8-9-16(14)21-6/h7-13H,1-6H3/b10-7+. The summed E-state index contributed by atoms with van der Waals surface area (Å²) in [5.74, 6) is 1.43. The molecular formula is C17H25NO3. The second-order valence-corrected chi connectivity index (χ2v) is 5.37. The quantitative estimate of drug-likeness (QED) is 0.754. The van der Waals surface area contributed by atoms with Crippen LogP contribution < -0.4 is 9.47 Å². The fourth-order valence-electron chi connectivity index (χ4n) is 2.32. The molecule has 0 unspecified atom stereocenters. The SMILES string of the molecule is COc1ccc(OC)c(/C=C/C(=O)N(C(C)C)C(C)C)c1. The van der Waals surface area contributed by atoms with E-state index in [0.717, 1.165) is 11.3 Å². The molecule has 0 aliphatic heterocycles. The minimum absolute atomic E-state index is 0.00938. The largest absolute Gasteiger partial charge is 0.497 e. The third-order valence-electron chi connectivity index (χ3n) is 3.21. The smallest absolute Gasteiger partial charge is 0.247 e. The lowest BCUT2D eigenvalue weighted by Crippen LogP contribution is -2.41. The number of nitrogens with zero attached hydrogens (tertiary/aromatic N) is 1. The van der Waals surface area contributed by atoms with Gasteiger partial charge in [0.25, 0.3) is 0 Å². The van der Waals surface area contributed by atoms with Crippen molar-refractivity contribution in [1.82, 2.24) is 4.90 Å². The van der Waals surface area contributed by atoms with E-state index in [4.69, 9.17) is 9.47 Å². The minimum Gasteiger partial charge on any atom is -0.497 e. The van der Waals surface area contributed by atoms with Gasteiger partial charge in [-0.2, -0.15) is 0 Å². The summed E-state index contributed by atoms with van der Waals surface area (Å²) in [7, 11) is 3.22. The highest BCUT2D eigenvalue weighted by molar-refractivity contribution is 5.92. The minimum atomic E-state index is -0.00938. The molecule has 116 valence electrons. The summed E-state index contributed by atoms with van der Waals surface area (Å²) < 4.78 is 10.5. The van der Waals surface area contributed by atoms with Crippen molar-refractivity contribution in [1.29, 1.82) is 0 Å². The highest BCUT2D eigenvalue weighted by atomic mass is 16.5. The Morgan fingerprint density at radius 2 is 1.71 bits per heavy atom. The molecule has 0 bridgehead atoms. The highest BCUT2D eigenvalue weighted by Crippen LogP contribution is 2.25. The van der Waals surface area contributed by atoms with Gasteiger partial charge >= 0.3 is 0 Å². The average molecular weight is 291 g/mol. The van der Waals surface area contributed by atoms with Crippen LogP contribution in [0.25, 0.3) is 6.08 Å². The predicted molar refractivity (Wildman–Crippen MR) is 85.7 cm³/mol. The van der Waals surface area contributed by atoms with E-state index in [2.05, 4.69) is 0 Å². The molecule has 0 spiro atoms. The van der Waals surface area contributed by atoms with E-state index in [0.29, 0.717) is 5.75 Å². The Morgan fingerprint density at radius 3 is 2.19 bits per heavy atom. The molecule has 0 aromatic heterocycles. The molecular weight excluding hydrogens is 266 g/mol. The van der Waals surface area contributed by atoms with Crippen molar-refractivity contribution in [2.24, 2.45) is 0 Å². The third-order valence-corrected chi connectivity index (χ3v) is 3.21. The molecule has 0 radical (unpaired) electrons. The van der Waals surface area contributed by atoms with Crippen LogP contribution in [0, 0.1) is 0 Å². The first-order chi connectivity index (χ1) is 9.90. The van der Waals surface area contributed by atoms with Crippen molar-refractivity contribution >= 4 is 12.0 Å². The number of hydrogen-bond acceptors (Lipinski definition) is 3. The maximum Gasteiger partial charge on any atom is 0.247 e. The Balaban J connectivity index is 3.00. The number of ether oxygens (including phenoxy) is 2. The monoisotopic (exact) mass is 291 g/mol. The molecule has 1 aromatic rings. The second kappa shape index (κ2) is 7.72. The summed E-state index contributed by atoms with van der Waals surface area (Å²) in [6.45, 7) is 8.05. The van der Waals surface area contributed by atoms with Gasteiger partial charge in [-0.15, -0.1) is 0 Å². The van der Waals surface area contributed by atoms with Gasteiger partial charge in [0.15, 0.2) is 0 Å². The molecule has 1 rings (SSSR count). The van der Waals surface area contributed by atoms with E-state index in [1.54, 1.807) is 26.4 Å². The van der Waals surface area contributed by atoms with Crippen LogP contribution in [-0.2, 0) is 4.79 Å². The van der Waals surface area contributed by atoms with Gasteiger partial charge in [0.2, 0.25) is 5.91 Å². The first-order valence-corrected chi connectivity index (χ1v) is 7.13. The Kier molecular flexibility index (Phi) is 6.28. The topological polar surface area (TPSA) is 38.8 Å². The molecule has 0 saturated carbocycles. The van der Waals surface area contributed by atoms with Crippen LogP contribution in [-0.4, -0.2) is 37.1 Å². The van der Waals surface area contributed by atoms with Gasteiger partial charge in [0.1, 0.15) is 11.5 Å². The molecule has 0 saturated heterocycles. The van der Waals surface area contributed by atoms with Crippen molar-refractivity contribution in [3.05, 3.63) is 29.8 Å². The van der Waals surface area contributed by atoms with Crippen LogP contribution in [0.15, 0.2) is 24.3 Å². The lowest BCUT2D eigenvalue weighted by atomic mass is 10.1.